The van der Waals surface area contributed by atoms with Crippen LogP contribution in [0.1, 0.15) is 74.9 Å². The number of hydrogen-bond donors (Lipinski definition) is 1. The average molecular weight is 417 g/mol. The van der Waals surface area contributed by atoms with E-state index in [2.05, 4.69) is 57.4 Å². The Kier molecular flexibility index (Phi) is 7.95. The second-order valence-electron chi connectivity index (χ2n) is 8.94. The third kappa shape index (κ3) is 6.66. The summed E-state index contributed by atoms with van der Waals surface area (Å²) in [5, 5.41) is 8.93. The second kappa shape index (κ2) is 10.2. The fourth-order valence-corrected chi connectivity index (χ4v) is 3.28. The number of hydrogen-bond acceptors (Lipinski definition) is 2. The number of carbonyl (C=O) groups is 1. The molecule has 31 heavy (non-hydrogen) atoms. The molecule has 0 radical (unpaired) electrons. The summed E-state index contributed by atoms with van der Waals surface area (Å²) in [7, 11) is 0. The molecule has 0 unspecified atom stereocenters. The van der Waals surface area contributed by atoms with Crippen LogP contribution in [0.2, 0.25) is 0 Å². The lowest BCUT2D eigenvalue weighted by Crippen LogP contribution is -2.19. The standard InChI is InChI=1S/C28H32O3/c1-8-9-10-24-20(4)23(18-25(28(5,6)7)27(24)31-19(2)3)16-15-21-11-13-22(14-12-21)17-26(29)30/h11-14,18-19H,10,17H2,1-7H3,(H,29,30). The van der Waals surface area contributed by atoms with Crippen LogP contribution in [0, 0.1) is 30.6 Å². The number of ether oxygens (including phenoxy) is 1. The first-order valence-electron chi connectivity index (χ1n) is 10.6. The topological polar surface area (TPSA) is 46.5 Å². The molecule has 0 saturated heterocycles. The SMILES string of the molecule is CC#CCc1c(C)c(C#Cc2ccc(CC(=O)O)cc2)cc(C(C)(C)C)c1OC(C)C. The van der Waals surface area contributed by atoms with Crippen molar-refractivity contribution in [1.82, 2.24) is 0 Å². The van der Waals surface area contributed by atoms with Gasteiger partial charge in [0.05, 0.1) is 12.5 Å². The highest BCUT2D eigenvalue weighted by atomic mass is 16.5. The van der Waals surface area contributed by atoms with Gasteiger partial charge in [0.2, 0.25) is 0 Å². The van der Waals surface area contributed by atoms with Gasteiger partial charge in [-0.15, -0.1) is 5.92 Å². The summed E-state index contributed by atoms with van der Waals surface area (Å²) >= 11 is 0. The van der Waals surface area contributed by atoms with E-state index >= 15 is 0 Å². The van der Waals surface area contributed by atoms with E-state index in [1.165, 1.54) is 0 Å². The number of aliphatic carboxylic acids is 1. The van der Waals surface area contributed by atoms with Crippen molar-refractivity contribution in [3.05, 3.63) is 63.7 Å². The van der Waals surface area contributed by atoms with Crippen molar-refractivity contribution in [3.63, 3.8) is 0 Å². The van der Waals surface area contributed by atoms with Crippen LogP contribution < -0.4 is 4.74 Å². The van der Waals surface area contributed by atoms with Crippen molar-refractivity contribution in [3.8, 4) is 29.4 Å². The van der Waals surface area contributed by atoms with Gasteiger partial charge in [0, 0.05) is 28.7 Å². The van der Waals surface area contributed by atoms with Crippen LogP contribution in [0.4, 0.5) is 0 Å². The van der Waals surface area contributed by atoms with Gasteiger partial charge in [0.1, 0.15) is 5.75 Å². The molecule has 2 rings (SSSR count). The monoisotopic (exact) mass is 416 g/mol. The summed E-state index contributed by atoms with van der Waals surface area (Å²) in [6.45, 7) is 14.5. The van der Waals surface area contributed by atoms with E-state index in [9.17, 15) is 4.79 Å². The molecule has 0 atom stereocenters. The summed E-state index contributed by atoms with van der Waals surface area (Å²) in [5.41, 5.74) is 5.77. The summed E-state index contributed by atoms with van der Waals surface area (Å²) in [6, 6.07) is 9.50. The molecule has 1 N–H and O–H groups in total. The second-order valence-corrected chi connectivity index (χ2v) is 8.94. The van der Waals surface area contributed by atoms with Gasteiger partial charge in [-0.2, -0.15) is 0 Å². The van der Waals surface area contributed by atoms with Gasteiger partial charge in [-0.25, -0.2) is 0 Å². The molecule has 0 saturated carbocycles. The summed E-state index contributed by atoms with van der Waals surface area (Å²) < 4.78 is 6.28. The summed E-state index contributed by atoms with van der Waals surface area (Å²) in [4.78, 5) is 10.9. The number of carboxylic acid groups (broad SMARTS) is 1. The third-order valence-corrected chi connectivity index (χ3v) is 4.92. The molecule has 3 nitrogen and oxygen atoms in total. The van der Waals surface area contributed by atoms with E-state index in [1.54, 1.807) is 0 Å². The molecular weight excluding hydrogens is 384 g/mol. The smallest absolute Gasteiger partial charge is 0.307 e. The highest BCUT2D eigenvalue weighted by Gasteiger charge is 2.25. The van der Waals surface area contributed by atoms with Crippen molar-refractivity contribution >= 4 is 5.97 Å². The number of rotatable bonds is 5. The molecule has 162 valence electrons. The third-order valence-electron chi connectivity index (χ3n) is 4.92. The lowest BCUT2D eigenvalue weighted by molar-refractivity contribution is -0.136. The predicted molar refractivity (Wildman–Crippen MR) is 127 cm³/mol. The zero-order valence-electron chi connectivity index (χ0n) is 19.6. The molecule has 0 fully saturated rings. The molecule has 0 heterocycles. The van der Waals surface area contributed by atoms with Gasteiger partial charge < -0.3 is 9.84 Å². The van der Waals surface area contributed by atoms with Gasteiger partial charge in [0.25, 0.3) is 0 Å². The zero-order chi connectivity index (χ0) is 23.2. The van der Waals surface area contributed by atoms with Crippen molar-refractivity contribution in [2.75, 3.05) is 0 Å². The van der Waals surface area contributed by atoms with Gasteiger partial charge in [-0.3, -0.25) is 4.79 Å². The fourth-order valence-electron chi connectivity index (χ4n) is 3.28. The van der Waals surface area contributed by atoms with Crippen LogP contribution in [0.25, 0.3) is 0 Å². The average Bonchev–Trinajstić information content (AvgIpc) is 2.66. The van der Waals surface area contributed by atoms with E-state index in [0.29, 0.717) is 6.42 Å². The van der Waals surface area contributed by atoms with Crippen molar-refractivity contribution < 1.29 is 14.6 Å². The minimum Gasteiger partial charge on any atom is -0.490 e. The maximum atomic E-state index is 10.9. The molecule has 0 aliphatic heterocycles. The minimum atomic E-state index is -0.837. The van der Waals surface area contributed by atoms with E-state index in [-0.39, 0.29) is 17.9 Å². The van der Waals surface area contributed by atoms with E-state index < -0.39 is 5.97 Å². The van der Waals surface area contributed by atoms with Crippen molar-refractivity contribution in [2.24, 2.45) is 0 Å². The molecular formula is C28H32O3. The van der Waals surface area contributed by atoms with Crippen molar-refractivity contribution in [1.29, 1.82) is 0 Å². The highest BCUT2D eigenvalue weighted by Crippen LogP contribution is 2.38. The van der Waals surface area contributed by atoms with Crippen LogP contribution in [-0.4, -0.2) is 17.2 Å². The quantitative estimate of drug-likeness (QED) is 0.639. The van der Waals surface area contributed by atoms with Crippen LogP contribution in [-0.2, 0) is 23.1 Å². The minimum absolute atomic E-state index is 0.0148. The molecule has 2 aromatic rings. The molecule has 0 aliphatic carbocycles. The van der Waals surface area contributed by atoms with Crippen LogP contribution in [0.3, 0.4) is 0 Å². The Bertz CT molecular complexity index is 1060. The lowest BCUT2D eigenvalue weighted by atomic mass is 9.82. The van der Waals surface area contributed by atoms with E-state index in [1.807, 2.05) is 45.0 Å². The normalized spacial score (nSPS) is 10.7. The van der Waals surface area contributed by atoms with Gasteiger partial charge in [-0.1, -0.05) is 50.7 Å². The first-order chi connectivity index (χ1) is 14.5. The van der Waals surface area contributed by atoms with Gasteiger partial charge >= 0.3 is 5.97 Å². The summed E-state index contributed by atoms with van der Waals surface area (Å²) in [6.07, 6.45) is 0.698. The molecule has 0 aliphatic rings. The van der Waals surface area contributed by atoms with Crippen LogP contribution in [0.5, 0.6) is 5.75 Å². The molecule has 3 heteroatoms. The Hall–Kier alpha value is -3.17. The predicted octanol–water partition coefficient (Wildman–Crippen LogP) is 5.67. The Morgan fingerprint density at radius 1 is 1.13 bits per heavy atom. The highest BCUT2D eigenvalue weighted by molar-refractivity contribution is 5.70. The number of carboxylic acids is 1. The van der Waals surface area contributed by atoms with E-state index in [0.717, 1.165) is 39.1 Å². The first-order valence-corrected chi connectivity index (χ1v) is 10.6. The maximum Gasteiger partial charge on any atom is 0.307 e. The molecule has 0 amide bonds. The maximum absolute atomic E-state index is 10.9. The Morgan fingerprint density at radius 2 is 1.77 bits per heavy atom. The molecule has 0 aromatic heterocycles. The van der Waals surface area contributed by atoms with Crippen molar-refractivity contribution in [2.45, 2.75) is 72.8 Å². The van der Waals surface area contributed by atoms with Crippen LogP contribution in [0.15, 0.2) is 30.3 Å². The number of benzene rings is 2. The Morgan fingerprint density at radius 3 is 2.29 bits per heavy atom. The van der Waals surface area contributed by atoms with Gasteiger partial charge in [-0.05, 0) is 62.4 Å². The first kappa shape index (κ1) is 24.1. The van der Waals surface area contributed by atoms with E-state index in [4.69, 9.17) is 9.84 Å². The lowest BCUT2D eigenvalue weighted by Gasteiger charge is -2.27. The fraction of sp³-hybridized carbons (Fsp3) is 0.393. The Labute approximate surface area is 186 Å². The Balaban J connectivity index is 2.59. The largest absolute Gasteiger partial charge is 0.490 e. The molecule has 0 spiro atoms. The molecule has 2 aromatic carbocycles. The molecule has 0 bridgehead atoms. The summed E-state index contributed by atoms with van der Waals surface area (Å²) in [5.74, 6) is 12.8. The van der Waals surface area contributed by atoms with Gasteiger partial charge in [0.15, 0.2) is 0 Å². The van der Waals surface area contributed by atoms with Crippen LogP contribution >= 0.6 is 0 Å². The zero-order valence-corrected chi connectivity index (χ0v) is 19.6.